The average Bonchev–Trinajstić information content (AvgIpc) is 2.94. The molecule has 98 valence electrons. The first-order chi connectivity index (χ1) is 7.81. The van der Waals surface area contributed by atoms with Gasteiger partial charge in [-0.15, -0.1) is 0 Å². The first-order valence-corrected chi connectivity index (χ1v) is 5.72. The van der Waals surface area contributed by atoms with E-state index in [1.807, 2.05) is 0 Å². The topological polar surface area (TPSA) is 87.7 Å². The highest BCUT2D eigenvalue weighted by molar-refractivity contribution is 5.86. The Morgan fingerprint density at radius 2 is 2.00 bits per heavy atom. The van der Waals surface area contributed by atoms with Crippen LogP contribution in [0.3, 0.4) is 0 Å². The van der Waals surface area contributed by atoms with E-state index >= 15 is 0 Å². The predicted molar refractivity (Wildman–Crippen MR) is 61.4 cm³/mol. The Bertz CT molecular complexity index is 294. The number of carbonyl (C=O) groups excluding carboxylic acids is 2. The standard InChI is InChI=1S/C11H20N2O4/c1-11(2,3)17-10(16)13-8(6-14)9(15)12-7-4-5-7/h7-8,14H,4-6H2,1-3H3,(H,12,15)(H,13,16). The SMILES string of the molecule is CC(C)(C)OC(=O)NC(CO)C(=O)NC1CC1. The molecule has 1 atom stereocenters. The van der Waals surface area contributed by atoms with Gasteiger partial charge in [-0.2, -0.15) is 0 Å². The van der Waals surface area contributed by atoms with Crippen molar-refractivity contribution in [3.8, 4) is 0 Å². The van der Waals surface area contributed by atoms with Crippen molar-refractivity contribution in [1.29, 1.82) is 0 Å². The van der Waals surface area contributed by atoms with E-state index < -0.39 is 24.3 Å². The van der Waals surface area contributed by atoms with Crippen LogP contribution in [0, 0.1) is 0 Å². The fraction of sp³-hybridized carbons (Fsp3) is 0.818. The van der Waals surface area contributed by atoms with Gasteiger partial charge in [0.15, 0.2) is 0 Å². The summed E-state index contributed by atoms with van der Waals surface area (Å²) in [5.74, 6) is -0.374. The minimum Gasteiger partial charge on any atom is -0.444 e. The summed E-state index contributed by atoms with van der Waals surface area (Å²) >= 11 is 0. The molecule has 1 aliphatic carbocycles. The molecule has 1 saturated carbocycles. The summed E-state index contributed by atoms with van der Waals surface area (Å²) in [6, 6.07) is -0.762. The molecule has 17 heavy (non-hydrogen) atoms. The molecule has 0 radical (unpaired) electrons. The second kappa shape index (κ2) is 5.35. The molecule has 0 aromatic heterocycles. The monoisotopic (exact) mass is 244 g/mol. The smallest absolute Gasteiger partial charge is 0.408 e. The second-order valence-corrected chi connectivity index (χ2v) is 5.16. The number of carbonyl (C=O) groups is 2. The van der Waals surface area contributed by atoms with Crippen molar-refractivity contribution in [2.75, 3.05) is 6.61 Å². The molecule has 1 aliphatic rings. The van der Waals surface area contributed by atoms with Crippen LogP contribution in [0.2, 0.25) is 0 Å². The molecule has 0 aromatic carbocycles. The van der Waals surface area contributed by atoms with Gasteiger partial charge in [-0.1, -0.05) is 0 Å². The zero-order valence-electron chi connectivity index (χ0n) is 10.4. The van der Waals surface area contributed by atoms with Gasteiger partial charge in [-0.05, 0) is 33.6 Å². The van der Waals surface area contributed by atoms with Gasteiger partial charge in [0.25, 0.3) is 0 Å². The summed E-state index contributed by atoms with van der Waals surface area (Å²) in [5, 5.41) is 14.1. The van der Waals surface area contributed by atoms with Gasteiger partial charge < -0.3 is 20.5 Å². The molecule has 0 bridgehead atoms. The van der Waals surface area contributed by atoms with Gasteiger partial charge >= 0.3 is 6.09 Å². The number of hydrogen-bond acceptors (Lipinski definition) is 4. The van der Waals surface area contributed by atoms with E-state index in [0.29, 0.717) is 0 Å². The fourth-order valence-corrected chi connectivity index (χ4v) is 1.17. The van der Waals surface area contributed by atoms with Crippen molar-refractivity contribution in [3.05, 3.63) is 0 Å². The Morgan fingerprint density at radius 1 is 1.41 bits per heavy atom. The summed E-state index contributed by atoms with van der Waals surface area (Å²) in [7, 11) is 0. The van der Waals surface area contributed by atoms with Gasteiger partial charge in [-0.25, -0.2) is 4.79 Å². The Kier molecular flexibility index (Phi) is 4.34. The number of ether oxygens (including phenoxy) is 1. The minimum absolute atomic E-state index is 0.192. The quantitative estimate of drug-likeness (QED) is 0.657. The highest BCUT2D eigenvalue weighted by Crippen LogP contribution is 2.18. The molecule has 0 saturated heterocycles. The number of aliphatic hydroxyl groups is 1. The van der Waals surface area contributed by atoms with Crippen LogP contribution in [-0.2, 0) is 9.53 Å². The van der Waals surface area contributed by atoms with Crippen LogP contribution in [-0.4, -0.2) is 41.4 Å². The van der Waals surface area contributed by atoms with Gasteiger partial charge in [0.1, 0.15) is 11.6 Å². The van der Waals surface area contributed by atoms with E-state index in [1.54, 1.807) is 20.8 Å². The second-order valence-electron chi connectivity index (χ2n) is 5.16. The van der Waals surface area contributed by atoms with Crippen LogP contribution in [0.25, 0.3) is 0 Å². The van der Waals surface area contributed by atoms with E-state index in [4.69, 9.17) is 9.84 Å². The van der Waals surface area contributed by atoms with E-state index in [2.05, 4.69) is 10.6 Å². The third kappa shape index (κ3) is 5.53. The van der Waals surface area contributed by atoms with E-state index in [-0.39, 0.29) is 11.9 Å². The maximum atomic E-state index is 11.6. The number of nitrogens with one attached hydrogen (secondary N) is 2. The van der Waals surface area contributed by atoms with Crippen molar-refractivity contribution in [2.24, 2.45) is 0 Å². The first-order valence-electron chi connectivity index (χ1n) is 5.72. The third-order valence-electron chi connectivity index (χ3n) is 2.11. The average molecular weight is 244 g/mol. The van der Waals surface area contributed by atoms with E-state index in [9.17, 15) is 9.59 Å². The lowest BCUT2D eigenvalue weighted by Gasteiger charge is -2.22. The summed E-state index contributed by atoms with van der Waals surface area (Å²) in [6.45, 7) is 4.73. The Balaban J connectivity index is 2.39. The van der Waals surface area contributed by atoms with Gasteiger partial charge in [-0.3, -0.25) is 4.79 Å². The number of rotatable bonds is 4. The first kappa shape index (κ1) is 13.8. The Morgan fingerprint density at radius 3 is 2.41 bits per heavy atom. The van der Waals surface area contributed by atoms with Crippen molar-refractivity contribution in [3.63, 3.8) is 0 Å². The Hall–Kier alpha value is -1.30. The molecule has 0 aliphatic heterocycles. The van der Waals surface area contributed by atoms with Crippen molar-refractivity contribution >= 4 is 12.0 Å². The number of alkyl carbamates (subject to hydrolysis) is 1. The number of aliphatic hydroxyl groups excluding tert-OH is 1. The van der Waals surface area contributed by atoms with Gasteiger partial charge in [0.05, 0.1) is 6.61 Å². The molecule has 6 heteroatoms. The lowest BCUT2D eigenvalue weighted by atomic mass is 10.2. The van der Waals surface area contributed by atoms with E-state index in [1.165, 1.54) is 0 Å². The largest absolute Gasteiger partial charge is 0.444 e. The summed E-state index contributed by atoms with van der Waals surface area (Å²) in [6.07, 6.45) is 1.20. The molecule has 0 heterocycles. The summed E-state index contributed by atoms with van der Waals surface area (Å²) < 4.78 is 5.00. The van der Waals surface area contributed by atoms with Gasteiger partial charge in [0, 0.05) is 6.04 Å². The summed E-state index contributed by atoms with van der Waals surface area (Å²) in [5.41, 5.74) is -0.628. The maximum absolute atomic E-state index is 11.6. The number of hydrogen-bond donors (Lipinski definition) is 3. The zero-order valence-corrected chi connectivity index (χ0v) is 10.4. The maximum Gasteiger partial charge on any atom is 0.408 e. The van der Waals surface area contributed by atoms with Crippen LogP contribution in [0.15, 0.2) is 0 Å². The lowest BCUT2D eigenvalue weighted by Crippen LogP contribution is -2.50. The van der Waals surface area contributed by atoms with Crippen molar-refractivity contribution in [1.82, 2.24) is 10.6 Å². The van der Waals surface area contributed by atoms with E-state index in [0.717, 1.165) is 12.8 Å². The van der Waals surface area contributed by atoms with Crippen LogP contribution >= 0.6 is 0 Å². The molecule has 1 rings (SSSR count). The summed E-state index contributed by atoms with van der Waals surface area (Å²) in [4.78, 5) is 23.0. The molecule has 2 amide bonds. The molecule has 3 N–H and O–H groups in total. The zero-order chi connectivity index (χ0) is 13.1. The normalized spacial score (nSPS) is 17.2. The molecular weight excluding hydrogens is 224 g/mol. The van der Waals surface area contributed by atoms with Crippen LogP contribution in [0.4, 0.5) is 4.79 Å². The molecule has 6 nitrogen and oxygen atoms in total. The number of amides is 2. The highest BCUT2D eigenvalue weighted by atomic mass is 16.6. The van der Waals surface area contributed by atoms with Crippen LogP contribution < -0.4 is 10.6 Å². The molecule has 1 fully saturated rings. The Labute approximate surface area is 101 Å². The van der Waals surface area contributed by atoms with Crippen molar-refractivity contribution < 1.29 is 19.4 Å². The predicted octanol–water partition coefficient (Wildman–Crippen LogP) is 0.151. The molecule has 1 unspecified atom stereocenters. The molecule has 0 aromatic rings. The van der Waals surface area contributed by atoms with Crippen LogP contribution in [0.5, 0.6) is 0 Å². The minimum atomic E-state index is -0.953. The molecule has 0 spiro atoms. The van der Waals surface area contributed by atoms with Gasteiger partial charge in [0.2, 0.25) is 5.91 Å². The third-order valence-corrected chi connectivity index (χ3v) is 2.11. The molecular formula is C11H20N2O4. The fourth-order valence-electron chi connectivity index (χ4n) is 1.17. The van der Waals surface area contributed by atoms with Crippen LogP contribution in [0.1, 0.15) is 33.6 Å². The van der Waals surface area contributed by atoms with Crippen molar-refractivity contribution in [2.45, 2.75) is 51.3 Å². The highest BCUT2D eigenvalue weighted by Gasteiger charge is 2.29. The lowest BCUT2D eigenvalue weighted by molar-refractivity contribution is -0.124.